The summed E-state index contributed by atoms with van der Waals surface area (Å²) < 4.78 is 13.4. The molecule has 0 unspecified atom stereocenters. The minimum Gasteiger partial charge on any atom is -0.376 e. The van der Waals surface area contributed by atoms with Gasteiger partial charge in [0.15, 0.2) is 0 Å². The molecule has 2 aromatic rings. The second-order valence-electron chi connectivity index (χ2n) is 4.72. The lowest BCUT2D eigenvalue weighted by Gasteiger charge is -2.08. The van der Waals surface area contributed by atoms with Crippen LogP contribution in [-0.2, 0) is 11.3 Å². The van der Waals surface area contributed by atoms with Gasteiger partial charge in [-0.3, -0.25) is 4.79 Å². The van der Waals surface area contributed by atoms with Crippen LogP contribution in [0.3, 0.4) is 0 Å². The summed E-state index contributed by atoms with van der Waals surface area (Å²) in [5.41, 5.74) is 2.13. The number of carbonyl (C=O) groups excluding carboxylic acids is 1. The van der Waals surface area contributed by atoms with Gasteiger partial charge in [0.2, 0.25) is 5.91 Å². The maximum absolute atomic E-state index is 13.4. The molecule has 0 aromatic heterocycles. The van der Waals surface area contributed by atoms with Crippen LogP contribution < -0.4 is 10.6 Å². The molecule has 5 heteroatoms. The van der Waals surface area contributed by atoms with E-state index in [2.05, 4.69) is 10.6 Å². The molecular weight excluding hydrogens is 291 g/mol. The molecule has 0 aliphatic heterocycles. The van der Waals surface area contributed by atoms with Crippen molar-refractivity contribution in [2.45, 2.75) is 13.5 Å². The van der Waals surface area contributed by atoms with E-state index in [1.807, 2.05) is 12.1 Å². The van der Waals surface area contributed by atoms with Gasteiger partial charge >= 0.3 is 0 Å². The first-order chi connectivity index (χ1) is 10.0. The number of benzene rings is 2. The van der Waals surface area contributed by atoms with Crippen molar-refractivity contribution in [1.29, 1.82) is 0 Å². The molecule has 0 bridgehead atoms. The minimum absolute atomic E-state index is 0.0933. The Morgan fingerprint density at radius 3 is 2.57 bits per heavy atom. The molecule has 0 heterocycles. The molecule has 0 saturated carbocycles. The SMILES string of the molecule is Cc1ccc(NCC(=O)NCc2ccc(Cl)cc2)cc1F. The van der Waals surface area contributed by atoms with Crippen molar-refractivity contribution >= 4 is 23.2 Å². The number of rotatable bonds is 5. The number of carbonyl (C=O) groups is 1. The summed E-state index contributed by atoms with van der Waals surface area (Å²) in [6, 6.07) is 12.0. The smallest absolute Gasteiger partial charge is 0.239 e. The highest BCUT2D eigenvalue weighted by Gasteiger charge is 2.03. The van der Waals surface area contributed by atoms with Crippen LogP contribution in [0, 0.1) is 12.7 Å². The number of aryl methyl sites for hydroxylation is 1. The maximum Gasteiger partial charge on any atom is 0.239 e. The second kappa shape index (κ2) is 7.09. The fourth-order valence-corrected chi connectivity index (χ4v) is 1.88. The van der Waals surface area contributed by atoms with Crippen molar-refractivity contribution in [3.8, 4) is 0 Å². The molecule has 0 radical (unpaired) electrons. The second-order valence-corrected chi connectivity index (χ2v) is 5.16. The zero-order valence-corrected chi connectivity index (χ0v) is 12.4. The molecule has 2 N–H and O–H groups in total. The monoisotopic (exact) mass is 306 g/mol. The highest BCUT2D eigenvalue weighted by molar-refractivity contribution is 6.30. The van der Waals surface area contributed by atoms with Gasteiger partial charge in [0.25, 0.3) is 0 Å². The van der Waals surface area contributed by atoms with Crippen LogP contribution in [0.4, 0.5) is 10.1 Å². The van der Waals surface area contributed by atoms with Gasteiger partial charge in [-0.15, -0.1) is 0 Å². The molecule has 110 valence electrons. The van der Waals surface area contributed by atoms with E-state index in [1.165, 1.54) is 6.07 Å². The highest BCUT2D eigenvalue weighted by atomic mass is 35.5. The number of hydrogen-bond acceptors (Lipinski definition) is 2. The zero-order valence-electron chi connectivity index (χ0n) is 11.6. The Kier molecular flexibility index (Phi) is 5.17. The first-order valence-corrected chi connectivity index (χ1v) is 6.93. The molecule has 0 saturated heterocycles. The summed E-state index contributed by atoms with van der Waals surface area (Å²) >= 11 is 5.79. The Labute approximate surface area is 128 Å². The van der Waals surface area contributed by atoms with Crippen LogP contribution in [0.5, 0.6) is 0 Å². The van der Waals surface area contributed by atoms with E-state index in [0.29, 0.717) is 22.8 Å². The van der Waals surface area contributed by atoms with E-state index in [1.54, 1.807) is 31.2 Å². The molecule has 0 aliphatic rings. The molecular formula is C16H16ClFN2O. The predicted octanol–water partition coefficient (Wildman–Crippen LogP) is 3.52. The van der Waals surface area contributed by atoms with E-state index in [0.717, 1.165) is 5.56 Å². The molecule has 0 atom stereocenters. The van der Waals surface area contributed by atoms with E-state index >= 15 is 0 Å². The Bertz CT molecular complexity index is 629. The average Bonchev–Trinajstić information content (AvgIpc) is 2.48. The van der Waals surface area contributed by atoms with Gasteiger partial charge in [-0.2, -0.15) is 0 Å². The lowest BCUT2D eigenvalue weighted by molar-refractivity contribution is -0.119. The fraction of sp³-hybridized carbons (Fsp3) is 0.188. The summed E-state index contributed by atoms with van der Waals surface area (Å²) in [6.07, 6.45) is 0. The molecule has 0 aliphatic carbocycles. The van der Waals surface area contributed by atoms with Crippen LogP contribution in [0.25, 0.3) is 0 Å². The van der Waals surface area contributed by atoms with Crippen molar-refractivity contribution in [1.82, 2.24) is 5.32 Å². The van der Waals surface area contributed by atoms with E-state index < -0.39 is 0 Å². The Balaban J connectivity index is 1.79. The van der Waals surface area contributed by atoms with E-state index in [4.69, 9.17) is 11.6 Å². The summed E-state index contributed by atoms with van der Waals surface area (Å²) in [6.45, 7) is 2.22. The fourth-order valence-electron chi connectivity index (χ4n) is 1.75. The third-order valence-corrected chi connectivity index (χ3v) is 3.28. The van der Waals surface area contributed by atoms with Crippen molar-refractivity contribution < 1.29 is 9.18 Å². The standard InChI is InChI=1S/C16H16ClFN2O/c1-11-2-7-14(8-15(11)18)19-10-16(21)20-9-12-3-5-13(17)6-4-12/h2-8,19H,9-10H2,1H3,(H,20,21). The topological polar surface area (TPSA) is 41.1 Å². The van der Waals surface area contributed by atoms with Gasteiger partial charge in [-0.05, 0) is 42.3 Å². The third-order valence-electron chi connectivity index (χ3n) is 3.03. The molecule has 2 rings (SSSR count). The number of halogens is 2. The first kappa shape index (κ1) is 15.3. The van der Waals surface area contributed by atoms with Gasteiger partial charge < -0.3 is 10.6 Å². The van der Waals surface area contributed by atoms with Gasteiger partial charge in [0.05, 0.1) is 6.54 Å². The summed E-state index contributed by atoms with van der Waals surface area (Å²) in [5, 5.41) is 6.32. The van der Waals surface area contributed by atoms with Crippen LogP contribution in [-0.4, -0.2) is 12.5 Å². The lowest BCUT2D eigenvalue weighted by Crippen LogP contribution is -2.29. The molecule has 21 heavy (non-hydrogen) atoms. The van der Waals surface area contributed by atoms with E-state index in [9.17, 15) is 9.18 Å². The van der Waals surface area contributed by atoms with Gasteiger partial charge in [-0.25, -0.2) is 4.39 Å². The van der Waals surface area contributed by atoms with Crippen LogP contribution in [0.1, 0.15) is 11.1 Å². The zero-order chi connectivity index (χ0) is 15.2. The van der Waals surface area contributed by atoms with Gasteiger partial charge in [0.1, 0.15) is 5.82 Å². The lowest BCUT2D eigenvalue weighted by atomic mass is 10.2. The summed E-state index contributed by atoms with van der Waals surface area (Å²) in [5.74, 6) is -0.451. The molecule has 3 nitrogen and oxygen atoms in total. The van der Waals surface area contributed by atoms with Crippen LogP contribution >= 0.6 is 11.6 Å². The van der Waals surface area contributed by atoms with Crippen molar-refractivity contribution in [2.75, 3.05) is 11.9 Å². The van der Waals surface area contributed by atoms with Crippen molar-refractivity contribution in [3.63, 3.8) is 0 Å². The number of nitrogens with one attached hydrogen (secondary N) is 2. The molecule has 0 spiro atoms. The largest absolute Gasteiger partial charge is 0.376 e. The minimum atomic E-state index is -0.290. The Morgan fingerprint density at radius 2 is 1.90 bits per heavy atom. The summed E-state index contributed by atoms with van der Waals surface area (Å²) in [7, 11) is 0. The normalized spacial score (nSPS) is 10.2. The average molecular weight is 307 g/mol. The highest BCUT2D eigenvalue weighted by Crippen LogP contribution is 2.13. The number of amides is 1. The van der Waals surface area contributed by atoms with Crippen LogP contribution in [0.2, 0.25) is 5.02 Å². The Hall–Kier alpha value is -2.07. The van der Waals surface area contributed by atoms with Gasteiger partial charge in [0, 0.05) is 17.3 Å². The quantitative estimate of drug-likeness (QED) is 0.887. The summed E-state index contributed by atoms with van der Waals surface area (Å²) in [4.78, 5) is 11.7. The predicted molar refractivity (Wildman–Crippen MR) is 82.9 cm³/mol. The molecule has 1 amide bonds. The first-order valence-electron chi connectivity index (χ1n) is 6.56. The molecule has 0 fully saturated rings. The van der Waals surface area contributed by atoms with E-state index in [-0.39, 0.29) is 18.3 Å². The maximum atomic E-state index is 13.4. The Morgan fingerprint density at radius 1 is 1.19 bits per heavy atom. The number of anilines is 1. The molecule has 2 aromatic carbocycles. The van der Waals surface area contributed by atoms with Crippen LogP contribution in [0.15, 0.2) is 42.5 Å². The number of hydrogen-bond donors (Lipinski definition) is 2. The van der Waals surface area contributed by atoms with Crippen molar-refractivity contribution in [2.24, 2.45) is 0 Å². The van der Waals surface area contributed by atoms with Gasteiger partial charge in [-0.1, -0.05) is 29.8 Å². The third kappa shape index (κ3) is 4.76. The van der Waals surface area contributed by atoms with Crippen molar-refractivity contribution in [3.05, 3.63) is 64.4 Å².